The normalized spacial score (nSPS) is 15.7. The van der Waals surface area contributed by atoms with Gasteiger partial charge in [0.05, 0.1) is 33.3 Å². The van der Waals surface area contributed by atoms with E-state index >= 15 is 0 Å². The average Bonchev–Trinajstić information content (AvgIpc) is 2.57. The molecule has 0 atom stereocenters. The Morgan fingerprint density at radius 2 is 1.83 bits per heavy atom. The third-order valence-corrected chi connectivity index (χ3v) is 5.09. The second-order valence-corrected chi connectivity index (χ2v) is 7.20. The van der Waals surface area contributed by atoms with Crippen molar-refractivity contribution in [3.8, 4) is 5.75 Å². The largest absolute Gasteiger partial charge is 0.496 e. The van der Waals surface area contributed by atoms with Crippen LogP contribution in [0.3, 0.4) is 0 Å². The predicted octanol–water partition coefficient (Wildman–Crippen LogP) is 3.02. The van der Waals surface area contributed by atoms with Crippen molar-refractivity contribution in [1.82, 2.24) is 0 Å². The Labute approximate surface area is 150 Å². The lowest BCUT2D eigenvalue weighted by molar-refractivity contribution is -0.914. The van der Waals surface area contributed by atoms with Crippen molar-refractivity contribution < 1.29 is 9.64 Å². The smallest absolute Gasteiger partial charge is 0.127 e. The van der Waals surface area contributed by atoms with Gasteiger partial charge in [-0.15, -0.1) is 0 Å². The number of piperazine rings is 1. The number of hydrogen-bond acceptors (Lipinski definition) is 2. The molecule has 0 spiro atoms. The Bertz CT molecular complexity index is 655. The van der Waals surface area contributed by atoms with E-state index < -0.39 is 0 Å². The van der Waals surface area contributed by atoms with Crippen molar-refractivity contribution in [2.24, 2.45) is 0 Å². The van der Waals surface area contributed by atoms with Crippen LogP contribution in [0.15, 0.2) is 46.9 Å². The fourth-order valence-corrected chi connectivity index (χ4v) is 3.60. The molecule has 0 saturated carbocycles. The second kappa shape index (κ2) is 7.56. The van der Waals surface area contributed by atoms with Gasteiger partial charge < -0.3 is 14.5 Å². The molecule has 3 nitrogen and oxygen atoms in total. The van der Waals surface area contributed by atoms with Gasteiger partial charge in [-0.05, 0) is 42.5 Å². The number of quaternary nitrogens is 1. The van der Waals surface area contributed by atoms with Crippen molar-refractivity contribution in [3.63, 3.8) is 0 Å². The molecule has 2 aromatic rings. The minimum atomic E-state index is 0.791. The van der Waals surface area contributed by atoms with E-state index in [2.05, 4.69) is 39.0 Å². The molecule has 0 bridgehead atoms. The monoisotopic (exact) mass is 395 g/mol. The quantitative estimate of drug-likeness (QED) is 0.855. The van der Waals surface area contributed by atoms with E-state index in [0.717, 1.165) is 48.0 Å². The van der Waals surface area contributed by atoms with Crippen LogP contribution >= 0.6 is 27.5 Å². The van der Waals surface area contributed by atoms with E-state index in [0.29, 0.717) is 0 Å². The average molecular weight is 397 g/mol. The third-order valence-electron chi connectivity index (χ3n) is 4.35. The molecule has 122 valence electrons. The predicted molar refractivity (Wildman–Crippen MR) is 98.8 cm³/mol. The molecule has 0 unspecified atom stereocenters. The summed E-state index contributed by atoms with van der Waals surface area (Å²) in [5.74, 6) is 0.973. The van der Waals surface area contributed by atoms with Crippen LogP contribution in [0.2, 0.25) is 5.02 Å². The lowest BCUT2D eigenvalue weighted by atomic mass is 10.1. The second-order valence-electron chi connectivity index (χ2n) is 5.85. The summed E-state index contributed by atoms with van der Waals surface area (Å²) in [4.78, 5) is 4.02. The minimum absolute atomic E-state index is 0.791. The van der Waals surface area contributed by atoms with Gasteiger partial charge in [0.1, 0.15) is 12.3 Å². The van der Waals surface area contributed by atoms with Crippen molar-refractivity contribution in [2.75, 3.05) is 38.2 Å². The first-order chi connectivity index (χ1) is 11.2. The summed E-state index contributed by atoms with van der Waals surface area (Å²) in [6, 6.07) is 14.3. The van der Waals surface area contributed by atoms with Crippen LogP contribution in [-0.2, 0) is 6.54 Å². The van der Waals surface area contributed by atoms with Gasteiger partial charge in [-0.25, -0.2) is 0 Å². The van der Waals surface area contributed by atoms with Crippen LogP contribution in [0.25, 0.3) is 0 Å². The highest BCUT2D eigenvalue weighted by atomic mass is 79.9. The van der Waals surface area contributed by atoms with Gasteiger partial charge in [0.25, 0.3) is 0 Å². The summed E-state index contributed by atoms with van der Waals surface area (Å²) in [5, 5.41) is 0.791. The molecule has 1 heterocycles. The lowest BCUT2D eigenvalue weighted by Crippen LogP contribution is -3.13. The number of hydrogen-bond donors (Lipinski definition) is 1. The SMILES string of the molecule is COc1ccc(Br)cc1C[NH+]1CCN(c2ccc(Cl)cc2)CC1. The summed E-state index contributed by atoms with van der Waals surface area (Å²) in [6.45, 7) is 5.37. The first-order valence-corrected chi connectivity index (χ1v) is 8.99. The summed E-state index contributed by atoms with van der Waals surface area (Å²) in [7, 11) is 1.74. The molecule has 0 aromatic heterocycles. The number of halogens is 2. The Morgan fingerprint density at radius 1 is 1.13 bits per heavy atom. The number of methoxy groups -OCH3 is 1. The summed E-state index contributed by atoms with van der Waals surface area (Å²) in [6.07, 6.45) is 0. The highest BCUT2D eigenvalue weighted by Gasteiger charge is 2.21. The van der Waals surface area contributed by atoms with E-state index in [9.17, 15) is 0 Å². The van der Waals surface area contributed by atoms with E-state index in [1.165, 1.54) is 11.3 Å². The Kier molecular flexibility index (Phi) is 5.46. The molecule has 0 amide bonds. The molecular weight excluding hydrogens is 376 g/mol. The lowest BCUT2D eigenvalue weighted by Gasteiger charge is -2.34. The maximum Gasteiger partial charge on any atom is 0.127 e. The van der Waals surface area contributed by atoms with Crippen LogP contribution in [0, 0.1) is 0 Å². The molecular formula is C18H21BrClN2O+. The van der Waals surface area contributed by atoms with Crippen molar-refractivity contribution in [3.05, 3.63) is 57.5 Å². The number of rotatable bonds is 4. The zero-order valence-corrected chi connectivity index (χ0v) is 15.5. The first kappa shape index (κ1) is 16.6. The zero-order chi connectivity index (χ0) is 16.2. The topological polar surface area (TPSA) is 16.9 Å². The Morgan fingerprint density at radius 3 is 2.48 bits per heavy atom. The van der Waals surface area contributed by atoms with Crippen LogP contribution in [0.1, 0.15) is 5.56 Å². The maximum atomic E-state index is 5.97. The molecule has 0 radical (unpaired) electrons. The zero-order valence-electron chi connectivity index (χ0n) is 13.2. The number of benzene rings is 2. The molecule has 0 aliphatic carbocycles. The van der Waals surface area contributed by atoms with Gasteiger partial charge in [-0.3, -0.25) is 0 Å². The molecule has 2 aromatic carbocycles. The number of anilines is 1. The van der Waals surface area contributed by atoms with Gasteiger partial charge in [-0.1, -0.05) is 27.5 Å². The van der Waals surface area contributed by atoms with Crippen LogP contribution in [-0.4, -0.2) is 33.3 Å². The van der Waals surface area contributed by atoms with Crippen molar-refractivity contribution in [1.29, 1.82) is 0 Å². The number of nitrogens with one attached hydrogen (secondary N) is 1. The Hall–Kier alpha value is -1.23. The molecule has 1 fully saturated rings. The van der Waals surface area contributed by atoms with Gasteiger partial charge in [0, 0.05) is 20.7 Å². The van der Waals surface area contributed by atoms with Gasteiger partial charge in [0.15, 0.2) is 0 Å². The standard InChI is InChI=1S/C18H20BrClN2O/c1-23-18-7-2-15(19)12-14(18)13-21-8-10-22(11-9-21)17-5-3-16(20)4-6-17/h2-7,12H,8-11,13H2,1H3/p+1. The molecule has 1 saturated heterocycles. The molecule has 23 heavy (non-hydrogen) atoms. The molecule has 5 heteroatoms. The summed E-state index contributed by atoms with van der Waals surface area (Å²) >= 11 is 9.52. The van der Waals surface area contributed by atoms with Crippen molar-refractivity contribution >= 4 is 33.2 Å². The third kappa shape index (κ3) is 4.19. The van der Waals surface area contributed by atoms with Crippen LogP contribution in [0.4, 0.5) is 5.69 Å². The highest BCUT2D eigenvalue weighted by Crippen LogP contribution is 2.22. The van der Waals surface area contributed by atoms with Gasteiger partial charge in [-0.2, -0.15) is 0 Å². The Balaban J connectivity index is 1.61. The summed E-state index contributed by atoms with van der Waals surface area (Å²) in [5.41, 5.74) is 2.52. The maximum absolute atomic E-state index is 5.97. The molecule has 1 aliphatic heterocycles. The number of nitrogens with zero attached hydrogens (tertiary/aromatic N) is 1. The van der Waals surface area contributed by atoms with E-state index in [4.69, 9.17) is 16.3 Å². The molecule has 1 aliphatic rings. The van der Waals surface area contributed by atoms with Crippen LogP contribution < -0.4 is 14.5 Å². The minimum Gasteiger partial charge on any atom is -0.496 e. The molecule has 3 rings (SSSR count). The first-order valence-electron chi connectivity index (χ1n) is 7.82. The fraction of sp³-hybridized carbons (Fsp3) is 0.333. The van der Waals surface area contributed by atoms with E-state index in [1.807, 2.05) is 24.3 Å². The van der Waals surface area contributed by atoms with Crippen molar-refractivity contribution in [2.45, 2.75) is 6.54 Å². The van der Waals surface area contributed by atoms with E-state index in [-0.39, 0.29) is 0 Å². The summed E-state index contributed by atoms with van der Waals surface area (Å²) < 4.78 is 6.59. The fourth-order valence-electron chi connectivity index (χ4n) is 3.06. The van der Waals surface area contributed by atoms with E-state index in [1.54, 1.807) is 12.0 Å². The van der Waals surface area contributed by atoms with Crippen LogP contribution in [0.5, 0.6) is 5.75 Å². The number of ether oxygens (including phenoxy) is 1. The highest BCUT2D eigenvalue weighted by molar-refractivity contribution is 9.10. The van der Waals surface area contributed by atoms with Gasteiger partial charge >= 0.3 is 0 Å². The molecule has 1 N–H and O–H groups in total. The van der Waals surface area contributed by atoms with Gasteiger partial charge in [0.2, 0.25) is 0 Å².